The van der Waals surface area contributed by atoms with Crippen LogP contribution in [0.4, 0.5) is 0 Å². The summed E-state index contributed by atoms with van der Waals surface area (Å²) in [5.41, 5.74) is 0.258. The highest BCUT2D eigenvalue weighted by molar-refractivity contribution is 5.52. The van der Waals surface area contributed by atoms with Crippen molar-refractivity contribution in [3.05, 3.63) is 29.3 Å². The molecule has 0 amide bonds. The summed E-state index contributed by atoms with van der Waals surface area (Å²) in [6.07, 6.45) is 0. The van der Waals surface area contributed by atoms with Gasteiger partial charge < -0.3 is 5.11 Å². The first-order valence-corrected chi connectivity index (χ1v) is 2.91. The van der Waals surface area contributed by atoms with Gasteiger partial charge >= 0.3 is 0 Å². The van der Waals surface area contributed by atoms with E-state index in [-0.39, 0.29) is 16.9 Å². The number of benzene rings is 1. The van der Waals surface area contributed by atoms with Gasteiger partial charge in [0.15, 0.2) is 5.75 Å². The number of hydrogen-bond donors (Lipinski definition) is 1. The van der Waals surface area contributed by atoms with Gasteiger partial charge in [-0.05, 0) is 12.1 Å². The molecule has 3 heteroatoms. The minimum atomic E-state index is -0.238. The summed E-state index contributed by atoms with van der Waals surface area (Å²) in [5, 5.41) is 26.0. The average Bonchev–Trinajstić information content (AvgIpc) is 2.05. The van der Waals surface area contributed by atoms with Gasteiger partial charge in [-0.3, -0.25) is 0 Å². The van der Waals surface area contributed by atoms with E-state index < -0.39 is 0 Å². The highest BCUT2D eigenvalue weighted by Gasteiger charge is 2.03. The van der Waals surface area contributed by atoms with Crippen LogP contribution in [-0.2, 0) is 0 Å². The smallest absolute Gasteiger partial charge is 0.151 e. The summed E-state index contributed by atoms with van der Waals surface area (Å²) in [5.74, 6) is -0.238. The van der Waals surface area contributed by atoms with Crippen molar-refractivity contribution in [2.75, 3.05) is 0 Å². The Balaban J connectivity index is 3.38. The Morgan fingerprint density at radius 3 is 1.91 bits per heavy atom. The predicted octanol–water partition coefficient (Wildman–Crippen LogP) is 1.14. The minimum absolute atomic E-state index is 0.129. The van der Waals surface area contributed by atoms with Gasteiger partial charge in [-0.2, -0.15) is 10.5 Å². The first-order valence-electron chi connectivity index (χ1n) is 2.91. The van der Waals surface area contributed by atoms with Crippen LogP contribution in [0, 0.1) is 22.7 Å². The van der Waals surface area contributed by atoms with Crippen molar-refractivity contribution < 1.29 is 5.11 Å². The van der Waals surface area contributed by atoms with Crippen molar-refractivity contribution in [1.29, 1.82) is 10.5 Å². The molecule has 0 aliphatic heterocycles. The zero-order valence-corrected chi connectivity index (χ0v) is 5.57. The van der Waals surface area contributed by atoms with Crippen LogP contribution in [0.5, 0.6) is 5.75 Å². The third-order valence-electron chi connectivity index (χ3n) is 1.28. The maximum absolute atomic E-state index is 9.14. The number of nitrogens with zero attached hydrogens (tertiary/aromatic N) is 2. The molecule has 1 rings (SSSR count). The van der Waals surface area contributed by atoms with Crippen LogP contribution in [0.1, 0.15) is 11.1 Å². The molecule has 0 radical (unpaired) electrons. The second-order valence-corrected chi connectivity index (χ2v) is 1.93. The lowest BCUT2D eigenvalue weighted by atomic mass is 10.1. The van der Waals surface area contributed by atoms with E-state index >= 15 is 0 Å². The van der Waals surface area contributed by atoms with Crippen LogP contribution in [0.3, 0.4) is 0 Å². The third kappa shape index (κ3) is 1.12. The zero-order valence-electron chi connectivity index (χ0n) is 5.57. The number of phenols is 1. The molecule has 1 aromatic rings. The van der Waals surface area contributed by atoms with Crippen molar-refractivity contribution in [2.45, 2.75) is 0 Å². The molecule has 52 valence electrons. The molecule has 11 heavy (non-hydrogen) atoms. The fourth-order valence-electron chi connectivity index (χ4n) is 0.724. The first kappa shape index (κ1) is 7.11. The number of phenolic OH excluding ortho intramolecular Hbond substituents is 1. The summed E-state index contributed by atoms with van der Waals surface area (Å²) in [7, 11) is 0. The molecule has 0 bridgehead atoms. The summed E-state index contributed by atoms with van der Waals surface area (Å²) in [6.45, 7) is 0. The van der Waals surface area contributed by atoms with Gasteiger partial charge in [0.2, 0.25) is 0 Å². The van der Waals surface area contributed by atoms with Crippen molar-refractivity contribution in [2.24, 2.45) is 0 Å². The molecule has 0 spiro atoms. The standard InChI is InChI=1S/C8H4N2O/c9-4-6-2-1-3-7(5-10)8(6)11/h1-3,11H. The number of aromatic hydroxyl groups is 1. The molecular weight excluding hydrogens is 140 g/mol. The number of hydrogen-bond acceptors (Lipinski definition) is 3. The second kappa shape index (κ2) is 2.72. The maximum atomic E-state index is 9.14. The fourth-order valence-corrected chi connectivity index (χ4v) is 0.724. The zero-order chi connectivity index (χ0) is 8.27. The molecule has 0 aliphatic carbocycles. The van der Waals surface area contributed by atoms with Gasteiger partial charge in [0.1, 0.15) is 12.1 Å². The molecule has 0 atom stereocenters. The Morgan fingerprint density at radius 2 is 1.55 bits per heavy atom. The lowest BCUT2D eigenvalue weighted by molar-refractivity contribution is 0.472. The maximum Gasteiger partial charge on any atom is 0.151 e. The van der Waals surface area contributed by atoms with E-state index in [1.54, 1.807) is 18.2 Å². The van der Waals surface area contributed by atoms with Crippen LogP contribution in [0.15, 0.2) is 18.2 Å². The Bertz CT molecular complexity index is 325. The number of para-hydroxylation sites is 1. The summed E-state index contributed by atoms with van der Waals surface area (Å²) < 4.78 is 0. The summed E-state index contributed by atoms with van der Waals surface area (Å²) >= 11 is 0. The largest absolute Gasteiger partial charge is 0.505 e. The van der Waals surface area contributed by atoms with Crippen LogP contribution in [0.25, 0.3) is 0 Å². The molecule has 0 unspecified atom stereocenters. The molecule has 1 aromatic carbocycles. The van der Waals surface area contributed by atoms with Crippen molar-refractivity contribution >= 4 is 0 Å². The van der Waals surface area contributed by atoms with E-state index in [9.17, 15) is 0 Å². The highest BCUT2D eigenvalue weighted by Crippen LogP contribution is 2.19. The molecule has 1 N–H and O–H groups in total. The average molecular weight is 144 g/mol. The van der Waals surface area contributed by atoms with E-state index in [1.165, 1.54) is 12.1 Å². The van der Waals surface area contributed by atoms with Crippen molar-refractivity contribution in [3.8, 4) is 17.9 Å². The molecule has 3 nitrogen and oxygen atoms in total. The van der Waals surface area contributed by atoms with Gasteiger partial charge in [0.25, 0.3) is 0 Å². The molecule has 0 saturated carbocycles. The molecule has 0 aliphatic rings. The van der Waals surface area contributed by atoms with Crippen LogP contribution >= 0.6 is 0 Å². The van der Waals surface area contributed by atoms with Crippen molar-refractivity contribution in [1.82, 2.24) is 0 Å². The van der Waals surface area contributed by atoms with Crippen molar-refractivity contribution in [3.63, 3.8) is 0 Å². The minimum Gasteiger partial charge on any atom is -0.505 e. The lowest BCUT2D eigenvalue weighted by Gasteiger charge is -1.95. The van der Waals surface area contributed by atoms with Gasteiger partial charge in [-0.1, -0.05) is 6.07 Å². The fraction of sp³-hybridized carbons (Fsp3) is 0. The van der Waals surface area contributed by atoms with Gasteiger partial charge in [-0.15, -0.1) is 0 Å². The summed E-state index contributed by atoms with van der Waals surface area (Å²) in [4.78, 5) is 0. The number of rotatable bonds is 0. The Hall–Kier alpha value is -2.00. The van der Waals surface area contributed by atoms with E-state index in [0.29, 0.717) is 0 Å². The van der Waals surface area contributed by atoms with Gasteiger partial charge in [0, 0.05) is 0 Å². The normalized spacial score (nSPS) is 8.18. The SMILES string of the molecule is N#Cc1cccc(C#N)c1O. The number of nitriles is 2. The quantitative estimate of drug-likeness (QED) is 0.593. The van der Waals surface area contributed by atoms with E-state index in [4.69, 9.17) is 15.6 Å². The third-order valence-corrected chi connectivity index (χ3v) is 1.28. The Labute approximate surface area is 63.7 Å². The molecule has 0 fully saturated rings. The molecule has 0 aromatic heterocycles. The monoisotopic (exact) mass is 144 g/mol. The Morgan fingerprint density at radius 1 is 1.09 bits per heavy atom. The van der Waals surface area contributed by atoms with E-state index in [1.807, 2.05) is 0 Å². The summed E-state index contributed by atoms with van der Waals surface area (Å²) in [6, 6.07) is 8.00. The van der Waals surface area contributed by atoms with E-state index in [0.717, 1.165) is 0 Å². The molecular formula is C8H4N2O. The lowest BCUT2D eigenvalue weighted by Crippen LogP contribution is -1.80. The van der Waals surface area contributed by atoms with Crippen LogP contribution < -0.4 is 0 Å². The van der Waals surface area contributed by atoms with Gasteiger partial charge in [0.05, 0.1) is 11.1 Å². The topological polar surface area (TPSA) is 67.8 Å². The van der Waals surface area contributed by atoms with Crippen LogP contribution in [0.2, 0.25) is 0 Å². The highest BCUT2D eigenvalue weighted by atomic mass is 16.3. The predicted molar refractivity (Wildman–Crippen MR) is 37.5 cm³/mol. The molecule has 0 saturated heterocycles. The first-order chi connectivity index (χ1) is 5.29. The Kier molecular flexibility index (Phi) is 1.76. The van der Waals surface area contributed by atoms with Gasteiger partial charge in [-0.25, -0.2) is 0 Å². The van der Waals surface area contributed by atoms with Crippen LogP contribution in [-0.4, -0.2) is 5.11 Å². The molecule has 0 heterocycles. The second-order valence-electron chi connectivity index (χ2n) is 1.93. The van der Waals surface area contributed by atoms with E-state index in [2.05, 4.69) is 0 Å².